The van der Waals surface area contributed by atoms with Gasteiger partial charge in [0.2, 0.25) is 11.8 Å². The molecule has 0 bridgehead atoms. The number of carboxylic acids is 1. The third-order valence-electron chi connectivity index (χ3n) is 9.58. The smallest absolute Gasteiger partial charge is 0.408 e. The molecule has 4 amide bonds. The Hall–Kier alpha value is -4.75. The number of carboxylic acid groups (broad SMARTS) is 1. The lowest BCUT2D eigenvalue weighted by Crippen LogP contribution is -2.56. The second-order valence-electron chi connectivity index (χ2n) is 14.3. The summed E-state index contributed by atoms with van der Waals surface area (Å²) in [5, 5.41) is 25.1. The van der Waals surface area contributed by atoms with Gasteiger partial charge in [-0.1, -0.05) is 55.3 Å². The van der Waals surface area contributed by atoms with E-state index in [-0.39, 0.29) is 36.9 Å². The summed E-state index contributed by atoms with van der Waals surface area (Å²) >= 11 is 0. The zero-order valence-corrected chi connectivity index (χ0v) is 29.6. The quantitative estimate of drug-likeness (QED) is 0.363. The Bertz CT molecular complexity index is 1610. The Labute approximate surface area is 292 Å². The van der Waals surface area contributed by atoms with Crippen LogP contribution in [0.25, 0.3) is 11.3 Å². The van der Waals surface area contributed by atoms with E-state index in [1.54, 1.807) is 25.7 Å². The van der Waals surface area contributed by atoms with Crippen LogP contribution in [-0.2, 0) is 19.1 Å². The van der Waals surface area contributed by atoms with E-state index >= 15 is 0 Å². The van der Waals surface area contributed by atoms with Crippen LogP contribution in [0.4, 0.5) is 4.79 Å². The van der Waals surface area contributed by atoms with Crippen LogP contribution in [0.1, 0.15) is 96.1 Å². The number of ether oxygens (including phenoxy) is 1. The Morgan fingerprint density at radius 2 is 1.80 bits per heavy atom. The minimum absolute atomic E-state index is 0.00533. The van der Waals surface area contributed by atoms with E-state index in [4.69, 9.17) is 9.84 Å². The number of aliphatic carboxylic acids is 1. The summed E-state index contributed by atoms with van der Waals surface area (Å²) < 4.78 is 5.48. The van der Waals surface area contributed by atoms with Gasteiger partial charge in [0.05, 0.1) is 6.04 Å². The van der Waals surface area contributed by atoms with Crippen LogP contribution in [0, 0.1) is 5.92 Å². The van der Waals surface area contributed by atoms with Crippen LogP contribution >= 0.6 is 0 Å². The second-order valence-corrected chi connectivity index (χ2v) is 14.3. The van der Waals surface area contributed by atoms with Crippen LogP contribution in [-0.4, -0.2) is 103 Å². The number of allylic oxidation sites excluding steroid dienone is 1. The van der Waals surface area contributed by atoms with Crippen LogP contribution in [0.3, 0.4) is 0 Å². The lowest BCUT2D eigenvalue weighted by molar-refractivity contribution is -0.145. The summed E-state index contributed by atoms with van der Waals surface area (Å²) in [5.41, 5.74) is -1.04. The highest BCUT2D eigenvalue weighted by molar-refractivity contribution is 5.98. The lowest BCUT2D eigenvalue weighted by Gasteiger charge is -2.30. The fourth-order valence-corrected chi connectivity index (χ4v) is 6.78. The van der Waals surface area contributed by atoms with Crippen molar-refractivity contribution in [2.24, 2.45) is 5.92 Å². The molecule has 3 N–H and O–H groups in total. The lowest BCUT2D eigenvalue weighted by atomic mass is 10.0. The molecule has 0 unspecified atom stereocenters. The maximum Gasteiger partial charge on any atom is 0.408 e. The van der Waals surface area contributed by atoms with Crippen molar-refractivity contribution in [1.29, 1.82) is 0 Å². The van der Waals surface area contributed by atoms with Gasteiger partial charge in [-0.05, 0) is 60.3 Å². The average Bonchev–Trinajstić information content (AvgIpc) is 3.38. The topological polar surface area (TPSA) is 176 Å². The monoisotopic (exact) mass is 691 g/mol. The van der Waals surface area contributed by atoms with Gasteiger partial charge in [-0.25, -0.2) is 9.59 Å². The molecule has 270 valence electrons. The van der Waals surface area contributed by atoms with Crippen LogP contribution in [0.5, 0.6) is 0 Å². The molecule has 14 heteroatoms. The number of benzene rings is 1. The zero-order chi connectivity index (χ0) is 36.2. The Kier molecular flexibility index (Phi) is 11.0. The number of hydrogen-bond donors (Lipinski definition) is 3. The summed E-state index contributed by atoms with van der Waals surface area (Å²) in [6, 6.07) is 6.49. The minimum atomic E-state index is -1.47. The molecule has 0 spiro atoms. The number of rotatable bonds is 7. The summed E-state index contributed by atoms with van der Waals surface area (Å²) in [5.74, 6) is -2.90. The van der Waals surface area contributed by atoms with Crippen LogP contribution in [0.2, 0.25) is 0 Å². The molecule has 3 aliphatic rings. The highest BCUT2D eigenvalue weighted by atomic mass is 16.6. The van der Waals surface area contributed by atoms with E-state index in [1.165, 1.54) is 9.70 Å². The predicted molar refractivity (Wildman–Crippen MR) is 184 cm³/mol. The van der Waals surface area contributed by atoms with E-state index in [1.807, 2.05) is 56.3 Å². The van der Waals surface area contributed by atoms with Crippen molar-refractivity contribution in [2.75, 3.05) is 19.6 Å². The molecular formula is C36H49N7O7. The van der Waals surface area contributed by atoms with Crippen molar-refractivity contribution in [1.82, 2.24) is 35.4 Å². The van der Waals surface area contributed by atoms with Gasteiger partial charge in [0.15, 0.2) is 5.69 Å². The first-order valence-corrected chi connectivity index (χ1v) is 17.6. The Morgan fingerprint density at radius 3 is 2.46 bits per heavy atom. The molecule has 2 aromatic rings. The van der Waals surface area contributed by atoms with Crippen molar-refractivity contribution >= 4 is 29.8 Å². The first-order valence-electron chi connectivity index (χ1n) is 17.6. The first-order chi connectivity index (χ1) is 23.8. The van der Waals surface area contributed by atoms with E-state index in [0.29, 0.717) is 37.2 Å². The molecule has 5 rings (SSSR count). The van der Waals surface area contributed by atoms with Crippen molar-refractivity contribution in [3.63, 3.8) is 0 Å². The second kappa shape index (κ2) is 15.0. The molecule has 1 aromatic carbocycles. The number of nitrogens with zero attached hydrogens (tertiary/aromatic N) is 5. The van der Waals surface area contributed by atoms with Crippen molar-refractivity contribution in [3.8, 4) is 11.3 Å². The number of amides is 4. The normalized spacial score (nSPS) is 26.4. The summed E-state index contributed by atoms with van der Waals surface area (Å²) in [6.07, 6.45) is 6.65. The third kappa shape index (κ3) is 8.00. The van der Waals surface area contributed by atoms with Crippen molar-refractivity contribution in [2.45, 2.75) is 109 Å². The number of alkyl carbamates (subject to hydrolysis) is 1. The van der Waals surface area contributed by atoms with Gasteiger partial charge >= 0.3 is 12.1 Å². The molecule has 1 saturated heterocycles. The molecule has 5 atom stereocenters. The molecular weight excluding hydrogens is 642 g/mol. The van der Waals surface area contributed by atoms with E-state index in [9.17, 15) is 29.1 Å². The molecule has 50 heavy (non-hydrogen) atoms. The molecule has 1 aliphatic carbocycles. The van der Waals surface area contributed by atoms with Gasteiger partial charge in [-0.3, -0.25) is 14.4 Å². The van der Waals surface area contributed by atoms with Crippen molar-refractivity contribution in [3.05, 3.63) is 48.2 Å². The summed E-state index contributed by atoms with van der Waals surface area (Å²) in [6.45, 7) is 9.89. The number of carbonyl (C=O) groups excluding carboxylic acids is 4. The maximum atomic E-state index is 14.4. The molecule has 3 heterocycles. The standard InChI is InChI=1S/C36H49N7O7/c1-6-41(7-2)32(46)29-28(23-16-12-11-13-17-23)39-43(40-29)25-20-27-30(44)38-36(33(47)48)21-24(36)18-14-9-8-10-15-19-26(31(45)42(27)22-25)37-34(49)50-35(3,4)5/h11-14,16-18,24-27H,6-10,15,19-22H2,1-5H3,(H,37,49)(H,38,44)(H,47,48)/b18-14-/t24-,25-,26-,27-,36+/m0/s1. The highest BCUT2D eigenvalue weighted by Crippen LogP contribution is 2.45. The predicted octanol–water partition coefficient (Wildman–Crippen LogP) is 3.94. The maximum absolute atomic E-state index is 14.4. The fraction of sp³-hybridized carbons (Fsp3) is 0.583. The Balaban J connectivity index is 1.52. The fourth-order valence-electron chi connectivity index (χ4n) is 6.78. The number of carbonyl (C=O) groups is 5. The first kappa shape index (κ1) is 36.5. The van der Waals surface area contributed by atoms with E-state index in [2.05, 4.69) is 15.7 Å². The van der Waals surface area contributed by atoms with Gasteiger partial charge in [0.25, 0.3) is 5.91 Å². The number of aromatic nitrogens is 3. The molecule has 1 saturated carbocycles. The summed E-state index contributed by atoms with van der Waals surface area (Å²) in [7, 11) is 0. The molecule has 14 nitrogen and oxygen atoms in total. The highest BCUT2D eigenvalue weighted by Gasteiger charge is 2.61. The van der Waals surface area contributed by atoms with E-state index < -0.39 is 53.1 Å². The zero-order valence-electron chi connectivity index (χ0n) is 29.6. The molecule has 2 fully saturated rings. The SMILES string of the molecule is CCN(CC)C(=O)c1nn([C@H]2C[C@H]3C(=O)N[C@]4(C(=O)O)C[C@@H]4/C=C\CCCCC[C@H](NC(=O)OC(C)(C)C)C(=O)N3C2)nc1-c1ccccc1. The van der Waals surface area contributed by atoms with Crippen molar-refractivity contribution < 1.29 is 33.8 Å². The van der Waals surface area contributed by atoms with E-state index in [0.717, 1.165) is 19.3 Å². The largest absolute Gasteiger partial charge is 0.479 e. The number of hydrogen-bond acceptors (Lipinski definition) is 8. The van der Waals surface area contributed by atoms with Gasteiger partial charge in [-0.2, -0.15) is 9.90 Å². The third-order valence-corrected chi connectivity index (χ3v) is 9.58. The van der Waals surface area contributed by atoms with Gasteiger partial charge in [0.1, 0.15) is 28.9 Å². The van der Waals surface area contributed by atoms with Crippen LogP contribution < -0.4 is 10.6 Å². The van der Waals surface area contributed by atoms with Gasteiger partial charge in [-0.15, -0.1) is 5.10 Å². The minimum Gasteiger partial charge on any atom is -0.479 e. The van der Waals surface area contributed by atoms with Gasteiger partial charge in [0, 0.05) is 37.5 Å². The Morgan fingerprint density at radius 1 is 1.08 bits per heavy atom. The molecule has 0 radical (unpaired) electrons. The van der Waals surface area contributed by atoms with Crippen LogP contribution in [0.15, 0.2) is 42.5 Å². The number of nitrogens with one attached hydrogen (secondary N) is 2. The molecule has 2 aliphatic heterocycles. The molecule has 1 aromatic heterocycles. The van der Waals surface area contributed by atoms with Gasteiger partial charge < -0.3 is 30.3 Å². The average molecular weight is 692 g/mol. The number of fused-ring (bicyclic) bond motifs is 2. The summed E-state index contributed by atoms with van der Waals surface area (Å²) in [4.78, 5) is 72.0.